The number of allylic oxidation sites excluding steroid dienone is 1. The van der Waals surface area contributed by atoms with Crippen molar-refractivity contribution in [3.63, 3.8) is 0 Å². The van der Waals surface area contributed by atoms with Crippen molar-refractivity contribution in [3.8, 4) is 5.75 Å². The highest BCUT2D eigenvalue weighted by molar-refractivity contribution is 6.10. The quantitative estimate of drug-likeness (QED) is 0.587. The zero-order valence-electron chi connectivity index (χ0n) is 14.5. The SMILES string of the molecule is COc1ccccc1C(=O)/C=C1\OC(C(C)(C)C)c2ccccc21. The molecule has 2 aromatic rings. The minimum Gasteiger partial charge on any atom is -0.496 e. The van der Waals surface area contributed by atoms with Crippen molar-refractivity contribution in [1.29, 1.82) is 0 Å². The molecule has 24 heavy (non-hydrogen) atoms. The van der Waals surface area contributed by atoms with Gasteiger partial charge in [-0.3, -0.25) is 4.79 Å². The van der Waals surface area contributed by atoms with Gasteiger partial charge in [-0.25, -0.2) is 0 Å². The van der Waals surface area contributed by atoms with E-state index in [0.29, 0.717) is 17.1 Å². The number of carbonyl (C=O) groups excluding carboxylic acids is 1. The maximum Gasteiger partial charge on any atom is 0.193 e. The largest absolute Gasteiger partial charge is 0.496 e. The van der Waals surface area contributed by atoms with Gasteiger partial charge < -0.3 is 9.47 Å². The summed E-state index contributed by atoms with van der Waals surface area (Å²) in [5.74, 6) is 1.08. The van der Waals surface area contributed by atoms with Crippen molar-refractivity contribution >= 4 is 11.5 Å². The van der Waals surface area contributed by atoms with E-state index in [9.17, 15) is 4.79 Å². The Balaban J connectivity index is 2.01. The molecule has 0 N–H and O–H groups in total. The third-order valence-electron chi connectivity index (χ3n) is 4.17. The van der Waals surface area contributed by atoms with Crippen LogP contribution in [-0.4, -0.2) is 12.9 Å². The number of carbonyl (C=O) groups is 1. The molecule has 0 spiro atoms. The first-order chi connectivity index (χ1) is 11.4. The van der Waals surface area contributed by atoms with Gasteiger partial charge in [0.15, 0.2) is 5.78 Å². The number of ether oxygens (including phenoxy) is 2. The Morgan fingerprint density at radius 3 is 2.46 bits per heavy atom. The maximum absolute atomic E-state index is 12.7. The fourth-order valence-corrected chi connectivity index (χ4v) is 3.00. The summed E-state index contributed by atoms with van der Waals surface area (Å²) >= 11 is 0. The molecule has 3 nitrogen and oxygen atoms in total. The average molecular weight is 322 g/mol. The van der Waals surface area contributed by atoms with E-state index in [1.807, 2.05) is 30.3 Å². The Labute approximate surface area is 142 Å². The third kappa shape index (κ3) is 2.94. The van der Waals surface area contributed by atoms with Crippen molar-refractivity contribution in [2.24, 2.45) is 5.41 Å². The lowest BCUT2D eigenvalue weighted by Crippen LogP contribution is -2.17. The van der Waals surface area contributed by atoms with E-state index in [-0.39, 0.29) is 17.3 Å². The molecule has 1 unspecified atom stereocenters. The van der Waals surface area contributed by atoms with E-state index in [1.54, 1.807) is 25.3 Å². The van der Waals surface area contributed by atoms with Gasteiger partial charge in [0.05, 0.1) is 12.7 Å². The number of hydrogen-bond acceptors (Lipinski definition) is 3. The summed E-state index contributed by atoms with van der Waals surface area (Å²) in [6.07, 6.45) is 1.51. The van der Waals surface area contributed by atoms with E-state index < -0.39 is 0 Å². The summed E-state index contributed by atoms with van der Waals surface area (Å²) < 4.78 is 11.4. The van der Waals surface area contributed by atoms with Gasteiger partial charge in [0.2, 0.25) is 0 Å². The first kappa shape index (κ1) is 16.3. The second-order valence-electron chi connectivity index (χ2n) is 7.02. The summed E-state index contributed by atoms with van der Waals surface area (Å²) in [5.41, 5.74) is 2.59. The van der Waals surface area contributed by atoms with Crippen LogP contribution in [0.2, 0.25) is 0 Å². The Bertz CT molecular complexity index is 797. The highest BCUT2D eigenvalue weighted by Crippen LogP contribution is 2.47. The number of hydrogen-bond donors (Lipinski definition) is 0. The molecule has 0 radical (unpaired) electrons. The molecule has 0 aliphatic carbocycles. The van der Waals surface area contributed by atoms with Crippen LogP contribution < -0.4 is 4.74 Å². The molecule has 0 saturated heterocycles. The zero-order valence-corrected chi connectivity index (χ0v) is 14.5. The number of methoxy groups -OCH3 is 1. The van der Waals surface area contributed by atoms with Crippen LogP contribution >= 0.6 is 0 Å². The normalized spacial score (nSPS) is 18.2. The molecule has 3 heteroatoms. The van der Waals surface area contributed by atoms with Crippen LogP contribution in [0.3, 0.4) is 0 Å². The van der Waals surface area contributed by atoms with Crippen molar-refractivity contribution in [3.05, 3.63) is 71.3 Å². The van der Waals surface area contributed by atoms with Gasteiger partial charge in [-0.2, -0.15) is 0 Å². The van der Waals surface area contributed by atoms with Crippen LogP contribution in [0.5, 0.6) is 5.75 Å². The summed E-state index contributed by atoms with van der Waals surface area (Å²) in [7, 11) is 1.57. The lowest BCUT2D eigenvalue weighted by molar-refractivity contribution is 0.0739. The summed E-state index contributed by atoms with van der Waals surface area (Å²) in [4.78, 5) is 12.7. The van der Waals surface area contributed by atoms with E-state index in [0.717, 1.165) is 11.1 Å². The Hall–Kier alpha value is -2.55. The van der Waals surface area contributed by atoms with Gasteiger partial charge in [-0.05, 0) is 12.1 Å². The predicted octanol–water partition coefficient (Wildman–Crippen LogP) is 5.04. The lowest BCUT2D eigenvalue weighted by Gasteiger charge is -2.26. The standard InChI is InChI=1S/C21H22O3/c1-21(2,3)20-15-10-6-5-9-14(15)19(24-20)13-17(22)16-11-7-8-12-18(16)23-4/h5-13,20H,1-4H3/b19-13-. The molecular weight excluding hydrogens is 300 g/mol. The van der Waals surface area contributed by atoms with Crippen molar-refractivity contribution in [2.45, 2.75) is 26.9 Å². The predicted molar refractivity (Wildman–Crippen MR) is 95.0 cm³/mol. The number of fused-ring (bicyclic) bond motifs is 1. The monoisotopic (exact) mass is 322 g/mol. The Kier molecular flexibility index (Phi) is 4.18. The maximum atomic E-state index is 12.7. The van der Waals surface area contributed by atoms with Gasteiger partial charge in [0.25, 0.3) is 0 Å². The van der Waals surface area contributed by atoms with Gasteiger partial charge >= 0.3 is 0 Å². The number of rotatable bonds is 3. The fourth-order valence-electron chi connectivity index (χ4n) is 3.00. The highest BCUT2D eigenvalue weighted by atomic mass is 16.5. The molecule has 1 heterocycles. The molecule has 1 aliphatic rings. The summed E-state index contributed by atoms with van der Waals surface area (Å²) in [6, 6.07) is 15.3. The van der Waals surface area contributed by atoms with Crippen LogP contribution in [0, 0.1) is 5.41 Å². The second kappa shape index (κ2) is 6.16. The molecule has 3 rings (SSSR count). The molecule has 124 valence electrons. The number of ketones is 1. The smallest absolute Gasteiger partial charge is 0.193 e. The van der Waals surface area contributed by atoms with E-state index in [1.165, 1.54) is 0 Å². The minimum absolute atomic E-state index is 0.0564. The molecular formula is C21H22O3. The summed E-state index contributed by atoms with van der Waals surface area (Å²) in [6.45, 7) is 6.41. The minimum atomic E-state index is -0.119. The van der Waals surface area contributed by atoms with Crippen molar-refractivity contribution < 1.29 is 14.3 Å². The van der Waals surface area contributed by atoms with Gasteiger partial charge in [0, 0.05) is 22.6 Å². The van der Waals surface area contributed by atoms with Crippen LogP contribution in [0.25, 0.3) is 5.76 Å². The van der Waals surface area contributed by atoms with E-state index >= 15 is 0 Å². The fraction of sp³-hybridized carbons (Fsp3) is 0.286. The lowest BCUT2D eigenvalue weighted by atomic mass is 9.84. The molecule has 0 saturated carbocycles. The molecule has 2 aromatic carbocycles. The Morgan fingerprint density at radius 2 is 1.75 bits per heavy atom. The van der Waals surface area contributed by atoms with Crippen LogP contribution in [0.15, 0.2) is 54.6 Å². The van der Waals surface area contributed by atoms with Gasteiger partial charge in [-0.15, -0.1) is 0 Å². The molecule has 0 fully saturated rings. The molecule has 0 amide bonds. The molecule has 0 aromatic heterocycles. The van der Waals surface area contributed by atoms with Gasteiger partial charge in [0.1, 0.15) is 17.6 Å². The van der Waals surface area contributed by atoms with E-state index in [2.05, 4.69) is 26.8 Å². The topological polar surface area (TPSA) is 35.5 Å². The summed E-state index contributed by atoms with van der Waals surface area (Å²) in [5, 5.41) is 0. The number of benzene rings is 2. The first-order valence-corrected chi connectivity index (χ1v) is 8.07. The number of para-hydroxylation sites is 1. The highest BCUT2D eigenvalue weighted by Gasteiger charge is 2.36. The van der Waals surface area contributed by atoms with Crippen LogP contribution in [0.4, 0.5) is 0 Å². The Morgan fingerprint density at radius 1 is 1.08 bits per heavy atom. The molecule has 1 aliphatic heterocycles. The van der Waals surface area contributed by atoms with E-state index in [4.69, 9.17) is 9.47 Å². The van der Waals surface area contributed by atoms with Crippen molar-refractivity contribution in [2.75, 3.05) is 7.11 Å². The van der Waals surface area contributed by atoms with Crippen LogP contribution in [-0.2, 0) is 4.74 Å². The van der Waals surface area contributed by atoms with Gasteiger partial charge in [-0.1, -0.05) is 57.2 Å². The second-order valence-corrected chi connectivity index (χ2v) is 7.02. The average Bonchev–Trinajstić information content (AvgIpc) is 2.94. The molecule has 1 atom stereocenters. The molecule has 0 bridgehead atoms. The first-order valence-electron chi connectivity index (χ1n) is 8.07. The van der Waals surface area contributed by atoms with Crippen molar-refractivity contribution in [1.82, 2.24) is 0 Å². The zero-order chi connectivity index (χ0) is 17.3. The third-order valence-corrected chi connectivity index (χ3v) is 4.17. The van der Waals surface area contributed by atoms with Crippen LogP contribution in [0.1, 0.15) is 48.4 Å².